The Kier molecular flexibility index (Phi) is 3.15. The summed E-state index contributed by atoms with van der Waals surface area (Å²) >= 11 is 0. The van der Waals surface area contributed by atoms with Gasteiger partial charge in [0, 0.05) is 5.56 Å². The summed E-state index contributed by atoms with van der Waals surface area (Å²) < 4.78 is 25.7. The van der Waals surface area contributed by atoms with Crippen LogP contribution >= 0.6 is 0 Å². The van der Waals surface area contributed by atoms with Crippen LogP contribution in [0.2, 0.25) is 0 Å². The maximum Gasteiger partial charge on any atom is 0.258 e. The molecule has 7 heteroatoms. The van der Waals surface area contributed by atoms with E-state index < -0.39 is 10.0 Å². The summed E-state index contributed by atoms with van der Waals surface area (Å²) in [5, 5.41) is 10.1. The highest BCUT2D eigenvalue weighted by Gasteiger charge is 2.17. The van der Waals surface area contributed by atoms with E-state index in [0.29, 0.717) is 5.69 Å². The van der Waals surface area contributed by atoms with Gasteiger partial charge in [0.25, 0.3) is 10.0 Å². The van der Waals surface area contributed by atoms with Crippen LogP contribution < -0.4 is 4.72 Å². The summed E-state index contributed by atoms with van der Waals surface area (Å²) in [6, 6.07) is 9.16. The first kappa shape index (κ1) is 12.3. The average molecular weight is 264 g/mol. The maximum absolute atomic E-state index is 11.7. The first-order valence-electron chi connectivity index (χ1n) is 5.15. The molecule has 6 nitrogen and oxygen atoms in total. The van der Waals surface area contributed by atoms with Crippen molar-refractivity contribution in [3.05, 3.63) is 41.8 Å². The molecule has 0 unspecified atom stereocenters. The van der Waals surface area contributed by atoms with E-state index in [9.17, 15) is 8.42 Å². The van der Waals surface area contributed by atoms with Gasteiger partial charge in [0.05, 0.1) is 4.91 Å². The van der Waals surface area contributed by atoms with Crippen LogP contribution in [0.15, 0.2) is 41.8 Å². The molecule has 0 aliphatic rings. The molecule has 0 aliphatic carbocycles. The molecule has 94 valence electrons. The lowest BCUT2D eigenvalue weighted by Gasteiger charge is -2.05. The van der Waals surface area contributed by atoms with Gasteiger partial charge >= 0.3 is 0 Å². The molecule has 0 fully saturated rings. The Morgan fingerprint density at radius 2 is 1.94 bits per heavy atom. The molecular weight excluding hydrogens is 252 g/mol. The first-order chi connectivity index (χ1) is 8.50. The molecule has 1 aromatic heterocycles. The van der Waals surface area contributed by atoms with Crippen molar-refractivity contribution in [3.63, 3.8) is 0 Å². The van der Waals surface area contributed by atoms with Gasteiger partial charge in [-0.2, -0.15) is 10.3 Å². The summed E-state index contributed by atoms with van der Waals surface area (Å²) in [4.78, 5) is 0.0181. The van der Waals surface area contributed by atoms with Crippen LogP contribution in [0.5, 0.6) is 0 Å². The van der Waals surface area contributed by atoms with Crippen LogP contribution in [-0.2, 0) is 10.0 Å². The number of anilines is 1. The lowest BCUT2D eigenvalue weighted by molar-refractivity contribution is 0.607. The number of aromatic nitrogens is 3. The van der Waals surface area contributed by atoms with E-state index in [1.807, 2.05) is 30.3 Å². The molecule has 0 bridgehead atoms. The summed E-state index contributed by atoms with van der Waals surface area (Å²) in [5.41, 5.74) is 1.21. The average Bonchev–Trinajstić information content (AvgIpc) is 2.77. The predicted octanol–water partition coefficient (Wildman–Crippen LogP) is 1.75. The number of benzene rings is 1. The zero-order chi connectivity index (χ0) is 13.2. The minimum atomic E-state index is -3.62. The van der Waals surface area contributed by atoms with E-state index in [0.717, 1.165) is 5.56 Å². The quantitative estimate of drug-likeness (QED) is 0.880. The lowest BCUT2D eigenvalue weighted by Crippen LogP contribution is -2.13. The van der Waals surface area contributed by atoms with E-state index in [2.05, 4.69) is 26.7 Å². The standard InChI is InChI=1S/C11H12N4O2S/c1-8(2)18(16,17)14-11-10(12-15-13-11)9-6-4-3-5-7-9/h3-7H,1H2,2H3,(H2,12,13,14,15). The van der Waals surface area contributed by atoms with E-state index in [1.165, 1.54) is 6.92 Å². The van der Waals surface area contributed by atoms with Crippen molar-refractivity contribution in [2.75, 3.05) is 4.72 Å². The lowest BCUT2D eigenvalue weighted by atomic mass is 10.2. The molecule has 0 atom stereocenters. The summed E-state index contributed by atoms with van der Waals surface area (Å²) in [7, 11) is -3.62. The molecular formula is C11H12N4O2S. The van der Waals surface area contributed by atoms with Gasteiger partial charge in [-0.15, -0.1) is 5.10 Å². The molecule has 0 spiro atoms. The topological polar surface area (TPSA) is 87.7 Å². The fourth-order valence-electron chi connectivity index (χ4n) is 1.31. The second-order valence-corrected chi connectivity index (χ2v) is 5.60. The molecule has 2 rings (SSSR count). The maximum atomic E-state index is 11.7. The minimum absolute atomic E-state index is 0.0181. The Bertz CT molecular complexity index is 661. The van der Waals surface area contributed by atoms with Crippen molar-refractivity contribution in [1.29, 1.82) is 0 Å². The minimum Gasteiger partial charge on any atom is -0.260 e. The van der Waals surface area contributed by atoms with E-state index >= 15 is 0 Å². The molecule has 18 heavy (non-hydrogen) atoms. The molecule has 1 heterocycles. The molecule has 2 N–H and O–H groups in total. The Labute approximate surface area is 105 Å². The second-order valence-electron chi connectivity index (χ2n) is 3.69. The van der Waals surface area contributed by atoms with Gasteiger partial charge in [-0.05, 0) is 6.92 Å². The normalized spacial score (nSPS) is 11.2. The van der Waals surface area contributed by atoms with Crippen LogP contribution in [0.3, 0.4) is 0 Å². The van der Waals surface area contributed by atoms with Gasteiger partial charge in [0.15, 0.2) is 5.82 Å². The van der Waals surface area contributed by atoms with Crippen LogP contribution in [0, 0.1) is 0 Å². The number of sulfonamides is 1. The Morgan fingerprint density at radius 1 is 1.28 bits per heavy atom. The van der Waals surface area contributed by atoms with Gasteiger partial charge in [-0.3, -0.25) is 4.72 Å². The highest BCUT2D eigenvalue weighted by molar-refractivity contribution is 7.96. The second kappa shape index (κ2) is 4.61. The summed E-state index contributed by atoms with van der Waals surface area (Å²) in [5.74, 6) is 0.157. The number of allylic oxidation sites excluding steroid dienone is 1. The van der Waals surface area contributed by atoms with Crippen molar-refractivity contribution >= 4 is 15.8 Å². The smallest absolute Gasteiger partial charge is 0.258 e. The van der Waals surface area contributed by atoms with Crippen LogP contribution in [-0.4, -0.2) is 23.8 Å². The number of aromatic amines is 1. The zero-order valence-electron chi connectivity index (χ0n) is 9.71. The Balaban J connectivity index is 2.39. The van der Waals surface area contributed by atoms with Gasteiger partial charge in [0.2, 0.25) is 0 Å². The summed E-state index contributed by atoms with van der Waals surface area (Å²) in [6.45, 7) is 4.81. The third-order valence-electron chi connectivity index (χ3n) is 2.28. The Morgan fingerprint density at radius 3 is 2.56 bits per heavy atom. The molecule has 1 aromatic carbocycles. The highest BCUT2D eigenvalue weighted by atomic mass is 32.2. The van der Waals surface area contributed by atoms with E-state index in [1.54, 1.807) is 0 Å². The van der Waals surface area contributed by atoms with Crippen molar-refractivity contribution in [2.45, 2.75) is 6.92 Å². The molecule has 0 aliphatic heterocycles. The summed E-state index contributed by atoms with van der Waals surface area (Å²) in [6.07, 6.45) is 0. The molecule has 0 saturated heterocycles. The van der Waals surface area contributed by atoms with Crippen molar-refractivity contribution < 1.29 is 8.42 Å². The number of nitrogens with one attached hydrogen (secondary N) is 2. The first-order valence-corrected chi connectivity index (χ1v) is 6.63. The predicted molar refractivity (Wildman–Crippen MR) is 69.2 cm³/mol. The van der Waals surface area contributed by atoms with Crippen molar-refractivity contribution in [1.82, 2.24) is 15.4 Å². The number of hydrogen-bond donors (Lipinski definition) is 2. The SMILES string of the molecule is C=C(C)S(=O)(=O)Nc1n[nH]nc1-c1ccccc1. The number of nitrogens with zero attached hydrogens (tertiary/aromatic N) is 2. The third-order valence-corrected chi connectivity index (χ3v) is 3.66. The van der Waals surface area contributed by atoms with Crippen LogP contribution in [0.4, 0.5) is 5.82 Å². The highest BCUT2D eigenvalue weighted by Crippen LogP contribution is 2.24. The third kappa shape index (κ3) is 2.40. The van der Waals surface area contributed by atoms with Gasteiger partial charge in [0.1, 0.15) is 5.69 Å². The fourth-order valence-corrected chi connectivity index (χ4v) is 1.88. The molecule has 0 radical (unpaired) electrons. The van der Waals surface area contributed by atoms with Crippen LogP contribution in [0.1, 0.15) is 6.92 Å². The van der Waals surface area contributed by atoms with E-state index in [-0.39, 0.29) is 10.7 Å². The van der Waals surface area contributed by atoms with Crippen molar-refractivity contribution in [2.24, 2.45) is 0 Å². The molecule has 2 aromatic rings. The Hall–Kier alpha value is -2.15. The van der Waals surface area contributed by atoms with E-state index in [4.69, 9.17) is 0 Å². The number of hydrogen-bond acceptors (Lipinski definition) is 4. The van der Waals surface area contributed by atoms with Gasteiger partial charge in [-0.25, -0.2) is 8.42 Å². The van der Waals surface area contributed by atoms with Crippen molar-refractivity contribution in [3.8, 4) is 11.3 Å². The zero-order valence-corrected chi connectivity index (χ0v) is 10.5. The molecule has 0 amide bonds. The van der Waals surface area contributed by atoms with Crippen LogP contribution in [0.25, 0.3) is 11.3 Å². The largest absolute Gasteiger partial charge is 0.260 e. The fraction of sp³-hybridized carbons (Fsp3) is 0.0909. The number of rotatable bonds is 4. The monoisotopic (exact) mass is 264 g/mol. The molecule has 0 saturated carbocycles. The number of H-pyrrole nitrogens is 1. The van der Waals surface area contributed by atoms with Gasteiger partial charge in [-0.1, -0.05) is 36.9 Å². The van der Waals surface area contributed by atoms with Gasteiger partial charge < -0.3 is 0 Å².